The fourth-order valence-electron chi connectivity index (χ4n) is 2.04. The first-order valence-corrected chi connectivity index (χ1v) is 5.61. The Bertz CT molecular complexity index is 234. The van der Waals surface area contributed by atoms with Crippen LogP contribution in [0.25, 0.3) is 0 Å². The van der Waals surface area contributed by atoms with Gasteiger partial charge in [-0.05, 0) is 19.8 Å². The molecule has 86 valence electrons. The largest absolute Gasteiger partial charge is 0.481 e. The lowest BCUT2D eigenvalue weighted by Crippen LogP contribution is -2.39. The molecule has 0 spiro atoms. The van der Waals surface area contributed by atoms with Crippen molar-refractivity contribution >= 4 is 11.9 Å². The molecule has 1 rings (SSSR count). The van der Waals surface area contributed by atoms with Crippen LogP contribution in [0, 0.1) is 5.92 Å². The van der Waals surface area contributed by atoms with E-state index in [1.54, 1.807) is 6.92 Å². The van der Waals surface area contributed by atoms with Gasteiger partial charge in [0.25, 0.3) is 0 Å². The number of carbonyl (C=O) groups excluding carboxylic acids is 1. The highest BCUT2D eigenvalue weighted by atomic mass is 16.4. The molecule has 0 aliphatic heterocycles. The maximum atomic E-state index is 11.7. The van der Waals surface area contributed by atoms with E-state index in [4.69, 9.17) is 5.11 Å². The van der Waals surface area contributed by atoms with Gasteiger partial charge in [-0.3, -0.25) is 9.59 Å². The molecule has 1 aliphatic rings. The zero-order chi connectivity index (χ0) is 11.3. The average Bonchev–Trinajstić information content (AvgIpc) is 2.17. The number of hydrogen-bond donors (Lipinski definition) is 2. The van der Waals surface area contributed by atoms with Gasteiger partial charge in [-0.15, -0.1) is 0 Å². The molecule has 0 bridgehead atoms. The number of aliphatic carboxylic acids is 1. The number of carboxylic acids is 1. The van der Waals surface area contributed by atoms with E-state index in [0.29, 0.717) is 0 Å². The van der Waals surface area contributed by atoms with Gasteiger partial charge in [0.1, 0.15) is 0 Å². The summed E-state index contributed by atoms with van der Waals surface area (Å²) in [5.41, 5.74) is 0. The van der Waals surface area contributed by atoms with Crippen LogP contribution in [0.3, 0.4) is 0 Å². The quantitative estimate of drug-likeness (QED) is 0.744. The lowest BCUT2D eigenvalue weighted by molar-refractivity contribution is -0.137. The summed E-state index contributed by atoms with van der Waals surface area (Å²) < 4.78 is 0. The van der Waals surface area contributed by atoms with Gasteiger partial charge in [-0.1, -0.05) is 19.3 Å². The van der Waals surface area contributed by atoms with Crippen LogP contribution in [-0.2, 0) is 9.59 Å². The predicted molar refractivity (Wildman–Crippen MR) is 56.4 cm³/mol. The number of rotatable bonds is 4. The van der Waals surface area contributed by atoms with Gasteiger partial charge in [-0.25, -0.2) is 0 Å². The van der Waals surface area contributed by atoms with E-state index in [1.807, 2.05) is 0 Å². The van der Waals surface area contributed by atoms with Crippen molar-refractivity contribution in [3.05, 3.63) is 0 Å². The van der Waals surface area contributed by atoms with Crippen LogP contribution in [-0.4, -0.2) is 23.0 Å². The Kier molecular flexibility index (Phi) is 4.59. The lowest BCUT2D eigenvalue weighted by atomic mass is 9.88. The molecule has 1 atom stereocenters. The summed E-state index contributed by atoms with van der Waals surface area (Å²) in [5.74, 6) is -0.732. The first-order valence-electron chi connectivity index (χ1n) is 5.61. The molecule has 1 saturated carbocycles. The van der Waals surface area contributed by atoms with E-state index >= 15 is 0 Å². The summed E-state index contributed by atoms with van der Waals surface area (Å²) in [5, 5.41) is 11.3. The van der Waals surface area contributed by atoms with Crippen LogP contribution >= 0.6 is 0 Å². The third-order valence-corrected chi connectivity index (χ3v) is 2.85. The Morgan fingerprint density at radius 3 is 2.47 bits per heavy atom. The van der Waals surface area contributed by atoms with E-state index < -0.39 is 5.97 Å². The van der Waals surface area contributed by atoms with Crippen LogP contribution in [0.2, 0.25) is 0 Å². The maximum absolute atomic E-state index is 11.7. The van der Waals surface area contributed by atoms with Crippen molar-refractivity contribution in [1.82, 2.24) is 5.32 Å². The molecule has 0 aromatic carbocycles. The molecule has 1 fully saturated rings. The van der Waals surface area contributed by atoms with Crippen LogP contribution in [0.15, 0.2) is 0 Å². The molecule has 0 radical (unpaired) electrons. The van der Waals surface area contributed by atoms with Crippen molar-refractivity contribution in [2.75, 3.05) is 0 Å². The van der Waals surface area contributed by atoms with Gasteiger partial charge in [0.2, 0.25) is 5.91 Å². The fourth-order valence-corrected chi connectivity index (χ4v) is 2.04. The topological polar surface area (TPSA) is 66.4 Å². The summed E-state index contributed by atoms with van der Waals surface area (Å²) in [6, 6.07) is -0.267. The molecule has 1 amide bonds. The minimum Gasteiger partial charge on any atom is -0.481 e. The molecule has 0 aromatic rings. The first-order chi connectivity index (χ1) is 7.09. The molecule has 15 heavy (non-hydrogen) atoms. The molecule has 4 nitrogen and oxygen atoms in total. The van der Waals surface area contributed by atoms with Crippen molar-refractivity contribution < 1.29 is 14.7 Å². The highest BCUT2D eigenvalue weighted by molar-refractivity contribution is 5.79. The molecule has 4 heteroatoms. The normalized spacial score (nSPS) is 19.5. The van der Waals surface area contributed by atoms with E-state index in [-0.39, 0.29) is 24.3 Å². The Balaban J connectivity index is 2.30. The summed E-state index contributed by atoms with van der Waals surface area (Å²) in [4.78, 5) is 22.1. The zero-order valence-electron chi connectivity index (χ0n) is 9.16. The Labute approximate surface area is 90.0 Å². The van der Waals surface area contributed by atoms with E-state index in [2.05, 4.69) is 5.32 Å². The van der Waals surface area contributed by atoms with Gasteiger partial charge in [0, 0.05) is 12.0 Å². The summed E-state index contributed by atoms with van der Waals surface area (Å²) in [6.45, 7) is 1.73. The Morgan fingerprint density at radius 2 is 1.93 bits per heavy atom. The SMILES string of the molecule is CC(CC(=O)O)NC(=O)C1CCCCC1. The predicted octanol–water partition coefficient (Wildman–Crippen LogP) is 1.55. The van der Waals surface area contributed by atoms with Crippen molar-refractivity contribution in [2.45, 2.75) is 51.5 Å². The molecule has 1 unspecified atom stereocenters. The van der Waals surface area contributed by atoms with E-state index in [1.165, 1.54) is 6.42 Å². The maximum Gasteiger partial charge on any atom is 0.305 e. The summed E-state index contributed by atoms with van der Waals surface area (Å²) >= 11 is 0. The van der Waals surface area contributed by atoms with Crippen LogP contribution in [0.1, 0.15) is 45.4 Å². The monoisotopic (exact) mass is 213 g/mol. The van der Waals surface area contributed by atoms with Crippen LogP contribution < -0.4 is 5.32 Å². The highest BCUT2D eigenvalue weighted by Crippen LogP contribution is 2.23. The molecular formula is C11H19NO3. The van der Waals surface area contributed by atoms with Crippen molar-refractivity contribution in [1.29, 1.82) is 0 Å². The molecule has 1 aliphatic carbocycles. The highest BCUT2D eigenvalue weighted by Gasteiger charge is 2.22. The molecule has 0 saturated heterocycles. The van der Waals surface area contributed by atoms with Gasteiger partial charge in [0.05, 0.1) is 6.42 Å². The zero-order valence-corrected chi connectivity index (χ0v) is 9.16. The third kappa shape index (κ3) is 4.32. The Hall–Kier alpha value is -1.06. The second-order valence-corrected chi connectivity index (χ2v) is 4.34. The first kappa shape index (κ1) is 12.0. The van der Waals surface area contributed by atoms with Crippen molar-refractivity contribution in [2.24, 2.45) is 5.92 Å². The number of carbonyl (C=O) groups is 2. The summed E-state index contributed by atoms with van der Waals surface area (Å²) in [7, 11) is 0. The lowest BCUT2D eigenvalue weighted by Gasteiger charge is -2.22. The molecule has 0 aromatic heterocycles. The van der Waals surface area contributed by atoms with Gasteiger partial charge >= 0.3 is 5.97 Å². The second kappa shape index (κ2) is 5.73. The minimum absolute atomic E-state index is 0.00153. The molecule has 0 heterocycles. The third-order valence-electron chi connectivity index (χ3n) is 2.85. The summed E-state index contributed by atoms with van der Waals surface area (Å²) in [6.07, 6.45) is 5.35. The number of carboxylic acid groups (broad SMARTS) is 1. The van der Waals surface area contributed by atoms with Crippen LogP contribution in [0.5, 0.6) is 0 Å². The molecule has 2 N–H and O–H groups in total. The standard InChI is InChI=1S/C11H19NO3/c1-8(7-10(13)14)12-11(15)9-5-3-2-4-6-9/h8-9H,2-7H2,1H3,(H,12,15)(H,13,14). The Morgan fingerprint density at radius 1 is 1.33 bits per heavy atom. The van der Waals surface area contributed by atoms with E-state index in [9.17, 15) is 9.59 Å². The van der Waals surface area contributed by atoms with Gasteiger partial charge in [-0.2, -0.15) is 0 Å². The average molecular weight is 213 g/mol. The van der Waals surface area contributed by atoms with Gasteiger partial charge < -0.3 is 10.4 Å². The number of hydrogen-bond acceptors (Lipinski definition) is 2. The van der Waals surface area contributed by atoms with Crippen molar-refractivity contribution in [3.63, 3.8) is 0 Å². The minimum atomic E-state index is -0.869. The second-order valence-electron chi connectivity index (χ2n) is 4.34. The van der Waals surface area contributed by atoms with E-state index in [0.717, 1.165) is 25.7 Å². The molecular weight excluding hydrogens is 194 g/mol. The number of amides is 1. The number of nitrogens with one attached hydrogen (secondary N) is 1. The van der Waals surface area contributed by atoms with Gasteiger partial charge in [0.15, 0.2) is 0 Å². The fraction of sp³-hybridized carbons (Fsp3) is 0.818. The smallest absolute Gasteiger partial charge is 0.305 e. The van der Waals surface area contributed by atoms with Crippen LogP contribution in [0.4, 0.5) is 0 Å². The van der Waals surface area contributed by atoms with Crippen molar-refractivity contribution in [3.8, 4) is 0 Å².